The number of carbonyl (C=O) groups excluding carboxylic acids is 2. The van der Waals surface area contributed by atoms with Gasteiger partial charge in [-0.3, -0.25) is 0 Å². The Hall–Kier alpha value is -7.70. The van der Waals surface area contributed by atoms with Gasteiger partial charge in [-0.05, 0) is 71.4 Å². The van der Waals surface area contributed by atoms with Crippen LogP contribution >= 0.6 is 0 Å². The quantitative estimate of drug-likeness (QED) is 0.145. The highest BCUT2D eigenvalue weighted by atomic mass is 16.6. The van der Waals surface area contributed by atoms with Crippen molar-refractivity contribution in [2.24, 2.45) is 0 Å². The summed E-state index contributed by atoms with van der Waals surface area (Å²) in [5.74, 6) is -0.860. The Morgan fingerprint density at radius 1 is 0.304 bits per heavy atom. The lowest BCUT2D eigenvalue weighted by Gasteiger charge is -2.27. The summed E-state index contributed by atoms with van der Waals surface area (Å²) in [6.07, 6.45) is 0. The van der Waals surface area contributed by atoms with E-state index in [9.17, 15) is 9.59 Å². The number of carbonyl (C=O) groups is 2. The minimum Gasteiger partial charge on any atom is -0.418 e. The van der Waals surface area contributed by atoms with E-state index in [-0.39, 0.29) is 22.7 Å². The highest BCUT2D eigenvalue weighted by molar-refractivity contribution is 6.32. The van der Waals surface area contributed by atoms with Crippen molar-refractivity contribution in [3.8, 4) is 0 Å². The second-order valence-corrected chi connectivity index (χ2v) is 13.6. The summed E-state index contributed by atoms with van der Waals surface area (Å²) in [6.45, 7) is 0. The molecule has 8 aromatic rings. The topological polar surface area (TPSA) is 59.1 Å². The van der Waals surface area contributed by atoms with E-state index in [0.29, 0.717) is 11.1 Å². The number of fused-ring (bicyclic) bond motifs is 3. The molecule has 0 bridgehead atoms. The fraction of sp³-hybridized carbons (Fsp3) is 0. The van der Waals surface area contributed by atoms with Crippen LogP contribution in [0.15, 0.2) is 206 Å². The summed E-state index contributed by atoms with van der Waals surface area (Å²) in [7, 11) is 0. The van der Waals surface area contributed by atoms with Gasteiger partial charge in [-0.15, -0.1) is 0 Å². The molecular formula is C50H32N2O4. The van der Waals surface area contributed by atoms with Gasteiger partial charge in [-0.25, -0.2) is 9.59 Å². The van der Waals surface area contributed by atoms with Gasteiger partial charge in [0.2, 0.25) is 0 Å². The van der Waals surface area contributed by atoms with Gasteiger partial charge >= 0.3 is 11.9 Å². The third-order valence-corrected chi connectivity index (χ3v) is 10.3. The van der Waals surface area contributed by atoms with Crippen LogP contribution < -0.4 is 9.80 Å². The molecule has 6 heteroatoms. The Morgan fingerprint density at radius 2 is 0.589 bits per heavy atom. The lowest BCUT2D eigenvalue weighted by Crippen LogP contribution is -2.11. The normalized spacial score (nSPS) is 13.6. The number of hydrogen-bond acceptors (Lipinski definition) is 6. The predicted molar refractivity (Wildman–Crippen MR) is 223 cm³/mol. The minimum absolute atomic E-state index is 0.138. The second kappa shape index (κ2) is 13.6. The molecule has 0 saturated heterocycles. The molecule has 0 aliphatic carbocycles. The number of para-hydroxylation sites is 4. The molecule has 0 amide bonds. The molecule has 266 valence electrons. The smallest absolute Gasteiger partial charge is 0.348 e. The van der Waals surface area contributed by atoms with Gasteiger partial charge < -0.3 is 19.3 Å². The van der Waals surface area contributed by atoms with E-state index in [1.54, 1.807) is 0 Å². The summed E-state index contributed by atoms with van der Waals surface area (Å²) >= 11 is 0. The van der Waals surface area contributed by atoms with Gasteiger partial charge in [0, 0.05) is 44.6 Å². The van der Waals surface area contributed by atoms with Crippen LogP contribution in [0.25, 0.3) is 32.7 Å². The van der Waals surface area contributed by atoms with Crippen LogP contribution in [0.4, 0.5) is 34.1 Å². The van der Waals surface area contributed by atoms with Crippen LogP contribution in [0.3, 0.4) is 0 Å². The maximum Gasteiger partial charge on any atom is 0.348 e. The molecule has 0 radical (unpaired) electrons. The van der Waals surface area contributed by atoms with Crippen LogP contribution in [-0.2, 0) is 19.1 Å². The van der Waals surface area contributed by atoms with Crippen LogP contribution in [0.1, 0.15) is 11.1 Å². The first-order chi connectivity index (χ1) is 27.7. The van der Waals surface area contributed by atoms with Crippen molar-refractivity contribution < 1.29 is 19.1 Å². The second-order valence-electron chi connectivity index (χ2n) is 13.6. The summed E-state index contributed by atoms with van der Waals surface area (Å²) < 4.78 is 12.0. The van der Waals surface area contributed by atoms with Gasteiger partial charge in [-0.1, -0.05) is 133 Å². The molecule has 2 aliphatic heterocycles. The van der Waals surface area contributed by atoms with E-state index in [2.05, 4.69) is 58.3 Å². The zero-order valence-corrected chi connectivity index (χ0v) is 30.0. The van der Waals surface area contributed by atoms with Gasteiger partial charge in [0.25, 0.3) is 0 Å². The number of anilines is 6. The molecule has 56 heavy (non-hydrogen) atoms. The van der Waals surface area contributed by atoms with Crippen LogP contribution in [0.2, 0.25) is 0 Å². The zero-order valence-electron chi connectivity index (χ0n) is 30.0. The van der Waals surface area contributed by atoms with E-state index < -0.39 is 11.9 Å². The van der Waals surface area contributed by atoms with Gasteiger partial charge in [-0.2, -0.15) is 0 Å². The average molecular weight is 725 g/mol. The third-order valence-electron chi connectivity index (χ3n) is 10.3. The molecule has 8 aromatic carbocycles. The number of rotatable bonds is 8. The van der Waals surface area contributed by atoms with Crippen LogP contribution in [0, 0.1) is 0 Å². The van der Waals surface area contributed by atoms with E-state index in [0.717, 1.165) is 55.7 Å². The van der Waals surface area contributed by atoms with Crippen LogP contribution in [-0.4, -0.2) is 11.9 Å². The Bertz CT molecular complexity index is 2610. The van der Waals surface area contributed by atoms with Gasteiger partial charge in [0.05, 0.1) is 11.4 Å². The summed E-state index contributed by atoms with van der Waals surface area (Å²) in [6, 6.07) is 64.5. The van der Waals surface area contributed by atoms with Gasteiger partial charge in [0.1, 0.15) is 11.1 Å². The molecule has 0 unspecified atom stereocenters. The molecule has 2 heterocycles. The van der Waals surface area contributed by atoms with Crippen molar-refractivity contribution in [1.82, 2.24) is 0 Å². The van der Waals surface area contributed by atoms with Crippen LogP contribution in [0.5, 0.6) is 0 Å². The molecule has 6 nitrogen and oxygen atoms in total. The predicted octanol–water partition coefficient (Wildman–Crippen LogP) is 12.2. The Kier molecular flexibility index (Phi) is 8.00. The highest BCUT2D eigenvalue weighted by Gasteiger charge is 2.44. The zero-order chi connectivity index (χ0) is 37.6. The molecule has 0 spiro atoms. The first-order valence-corrected chi connectivity index (χ1v) is 18.4. The molecule has 0 saturated carbocycles. The summed E-state index contributed by atoms with van der Waals surface area (Å²) in [5, 5.41) is 3.49. The van der Waals surface area contributed by atoms with Crippen molar-refractivity contribution in [2.75, 3.05) is 9.80 Å². The average Bonchev–Trinajstić information content (AvgIpc) is 3.74. The number of benzene rings is 8. The number of hydrogen-bond donors (Lipinski definition) is 0. The monoisotopic (exact) mass is 724 g/mol. The molecule has 0 aromatic heterocycles. The van der Waals surface area contributed by atoms with Crippen molar-refractivity contribution in [3.63, 3.8) is 0 Å². The number of esters is 2. The highest BCUT2D eigenvalue weighted by Crippen LogP contribution is 2.49. The minimum atomic E-state index is -0.568. The third kappa shape index (κ3) is 5.43. The molecule has 10 rings (SSSR count). The van der Waals surface area contributed by atoms with E-state index in [1.165, 1.54) is 0 Å². The maximum atomic E-state index is 14.0. The fourth-order valence-corrected chi connectivity index (χ4v) is 7.91. The molecule has 0 atom stereocenters. The van der Waals surface area contributed by atoms with Crippen molar-refractivity contribution in [2.45, 2.75) is 0 Å². The molecular weight excluding hydrogens is 693 g/mol. The Morgan fingerprint density at radius 3 is 0.911 bits per heavy atom. The first-order valence-electron chi connectivity index (χ1n) is 18.4. The fourth-order valence-electron chi connectivity index (χ4n) is 7.91. The van der Waals surface area contributed by atoms with E-state index in [4.69, 9.17) is 9.47 Å². The Labute approximate surface area is 323 Å². The first kappa shape index (κ1) is 32.9. The summed E-state index contributed by atoms with van der Waals surface area (Å²) in [5.41, 5.74) is 7.52. The molecule has 0 fully saturated rings. The lowest BCUT2D eigenvalue weighted by molar-refractivity contribution is -0.131. The van der Waals surface area contributed by atoms with Crippen molar-refractivity contribution >= 4 is 78.8 Å². The summed E-state index contributed by atoms with van der Waals surface area (Å²) in [4.78, 5) is 32.3. The molecule has 2 aliphatic rings. The SMILES string of the molecule is O=C1OC2=C(c3ccc(N(c4ccccc4)c4ccccc4)c4ccccc34)C(=O)OC2=C1c1ccc(N(c2ccccc2)c2ccccc2)c2ccccc12. The van der Waals surface area contributed by atoms with E-state index in [1.807, 2.05) is 146 Å². The number of nitrogens with zero attached hydrogens (tertiary/aromatic N) is 2. The lowest BCUT2D eigenvalue weighted by atomic mass is 9.94. The standard InChI is InChI=1S/C50H32N2O4/c53-49-45(41-29-31-43(39-27-15-13-25-37(39)41)51(33-17-5-1-6-18-33)34-19-7-2-8-20-34)47-48(56-49)46(50(54)55-47)42-30-32-44(40-28-16-14-26-38(40)42)52(35-21-9-3-10-22-35)36-23-11-4-12-24-36/h1-32H. The van der Waals surface area contributed by atoms with E-state index >= 15 is 0 Å². The number of ether oxygens (including phenoxy) is 2. The van der Waals surface area contributed by atoms with Gasteiger partial charge in [0.15, 0.2) is 11.5 Å². The van der Waals surface area contributed by atoms with Crippen molar-refractivity contribution in [3.05, 3.63) is 217 Å². The van der Waals surface area contributed by atoms with Crippen molar-refractivity contribution in [1.29, 1.82) is 0 Å². The molecule has 0 N–H and O–H groups in total. The Balaban J connectivity index is 1.13. The maximum absolute atomic E-state index is 14.0. The largest absolute Gasteiger partial charge is 0.418 e.